The third kappa shape index (κ3) is 2.46. The van der Waals surface area contributed by atoms with Crippen molar-refractivity contribution < 1.29 is 0 Å². The molecule has 82 valence electrons. The van der Waals surface area contributed by atoms with Crippen molar-refractivity contribution >= 4 is 11.8 Å². The van der Waals surface area contributed by atoms with E-state index < -0.39 is 0 Å². The van der Waals surface area contributed by atoms with Crippen molar-refractivity contribution in [1.29, 1.82) is 0 Å². The van der Waals surface area contributed by atoms with Crippen LogP contribution in [0.1, 0.15) is 46.5 Å². The first-order chi connectivity index (χ1) is 6.57. The van der Waals surface area contributed by atoms with Gasteiger partial charge in [-0.05, 0) is 38.5 Å². The monoisotopic (exact) mass is 213 g/mol. The summed E-state index contributed by atoms with van der Waals surface area (Å²) in [6.07, 6.45) is 5.79. The Hall–Kier alpha value is 0.310. The second-order valence-corrected chi connectivity index (χ2v) is 6.91. The molecule has 2 rings (SSSR count). The first-order valence-corrected chi connectivity index (χ1v) is 7.01. The molecule has 1 atom stereocenters. The molecule has 2 heteroatoms. The van der Waals surface area contributed by atoms with E-state index in [-0.39, 0.29) is 0 Å². The smallest absolute Gasteiger partial charge is 0.0565 e. The Morgan fingerprint density at radius 1 is 1.14 bits per heavy atom. The second-order valence-electron chi connectivity index (χ2n) is 5.78. The molecule has 1 N–H and O–H groups in total. The largest absolute Gasteiger partial charge is 0.299 e. The molecule has 14 heavy (non-hydrogen) atoms. The summed E-state index contributed by atoms with van der Waals surface area (Å²) in [5.74, 6) is 3.20. The summed E-state index contributed by atoms with van der Waals surface area (Å²) in [5.41, 5.74) is 0.373. The van der Waals surface area contributed by atoms with Crippen molar-refractivity contribution in [2.24, 2.45) is 11.8 Å². The lowest BCUT2D eigenvalue weighted by Gasteiger charge is -2.31. The lowest BCUT2D eigenvalue weighted by atomic mass is 9.82. The van der Waals surface area contributed by atoms with Gasteiger partial charge in [0.1, 0.15) is 0 Å². The van der Waals surface area contributed by atoms with Crippen LogP contribution >= 0.6 is 11.8 Å². The van der Waals surface area contributed by atoms with Gasteiger partial charge >= 0.3 is 0 Å². The van der Waals surface area contributed by atoms with Crippen LogP contribution in [0.25, 0.3) is 0 Å². The molecule has 0 bridgehead atoms. The first-order valence-electron chi connectivity index (χ1n) is 5.96. The van der Waals surface area contributed by atoms with Crippen LogP contribution < -0.4 is 5.32 Å². The summed E-state index contributed by atoms with van der Waals surface area (Å²) < 4.78 is 0. The normalized spacial score (nSPS) is 42.6. The zero-order chi connectivity index (χ0) is 10.2. The van der Waals surface area contributed by atoms with Gasteiger partial charge in [0.05, 0.1) is 5.37 Å². The summed E-state index contributed by atoms with van der Waals surface area (Å²) in [7, 11) is 0. The molecule has 0 spiro atoms. The second kappa shape index (κ2) is 4.05. The molecule has 1 unspecified atom stereocenters. The Balaban J connectivity index is 1.85. The molecule has 0 aromatic rings. The van der Waals surface area contributed by atoms with Gasteiger partial charge in [0.15, 0.2) is 0 Å². The summed E-state index contributed by atoms with van der Waals surface area (Å²) in [4.78, 5) is 0. The maximum atomic E-state index is 3.78. The average molecular weight is 213 g/mol. The number of hydrogen-bond donors (Lipinski definition) is 1. The van der Waals surface area contributed by atoms with Crippen molar-refractivity contribution in [1.82, 2.24) is 5.32 Å². The van der Waals surface area contributed by atoms with Crippen LogP contribution in [0.4, 0.5) is 0 Å². The third-order valence-corrected chi connectivity index (χ3v) is 5.40. The van der Waals surface area contributed by atoms with Crippen LogP contribution in [0.2, 0.25) is 0 Å². The van der Waals surface area contributed by atoms with Crippen molar-refractivity contribution in [2.45, 2.75) is 57.4 Å². The maximum Gasteiger partial charge on any atom is 0.0565 e. The molecule has 0 aromatic heterocycles. The zero-order valence-electron chi connectivity index (χ0n) is 9.68. The Morgan fingerprint density at radius 3 is 2.29 bits per heavy atom. The van der Waals surface area contributed by atoms with Gasteiger partial charge in [-0.3, -0.25) is 5.32 Å². The Kier molecular flexibility index (Phi) is 3.13. The van der Waals surface area contributed by atoms with Crippen LogP contribution in [0, 0.1) is 11.8 Å². The molecule has 0 radical (unpaired) electrons. The van der Waals surface area contributed by atoms with E-state index >= 15 is 0 Å². The molecule has 1 saturated heterocycles. The molecule has 1 saturated carbocycles. The predicted octanol–water partition coefficient (Wildman–Crippen LogP) is 3.25. The van der Waals surface area contributed by atoms with Crippen molar-refractivity contribution in [3.05, 3.63) is 0 Å². The van der Waals surface area contributed by atoms with E-state index in [0.29, 0.717) is 5.54 Å². The fraction of sp³-hybridized carbons (Fsp3) is 1.00. The van der Waals surface area contributed by atoms with Crippen LogP contribution in [-0.4, -0.2) is 16.7 Å². The summed E-state index contributed by atoms with van der Waals surface area (Å²) in [6.45, 7) is 7.05. The first kappa shape index (κ1) is 10.8. The standard InChI is InChI=1S/C12H23NS/c1-9-4-6-10(7-5-9)11-13-12(2,3)8-14-11/h9-11,13H,4-8H2,1-3H3. The average Bonchev–Trinajstić information content (AvgIpc) is 2.47. The van der Waals surface area contributed by atoms with Crippen LogP contribution in [0.5, 0.6) is 0 Å². The summed E-state index contributed by atoms with van der Waals surface area (Å²) in [5, 5.41) is 4.53. The maximum absolute atomic E-state index is 3.78. The minimum atomic E-state index is 0.373. The SMILES string of the molecule is CC1CCC(C2NC(C)(C)CS2)CC1. The zero-order valence-corrected chi connectivity index (χ0v) is 10.5. The van der Waals surface area contributed by atoms with E-state index in [1.807, 2.05) is 0 Å². The lowest BCUT2D eigenvalue weighted by Crippen LogP contribution is -2.42. The highest BCUT2D eigenvalue weighted by atomic mass is 32.2. The topological polar surface area (TPSA) is 12.0 Å². The van der Waals surface area contributed by atoms with Gasteiger partial charge in [-0.1, -0.05) is 19.8 Å². The summed E-state index contributed by atoms with van der Waals surface area (Å²) in [6, 6.07) is 0. The third-order valence-electron chi connectivity index (χ3n) is 3.65. The van der Waals surface area contributed by atoms with Gasteiger partial charge in [-0.25, -0.2) is 0 Å². The van der Waals surface area contributed by atoms with Crippen LogP contribution in [0.15, 0.2) is 0 Å². The lowest BCUT2D eigenvalue weighted by molar-refractivity contribution is 0.256. The van der Waals surface area contributed by atoms with E-state index in [0.717, 1.165) is 17.2 Å². The van der Waals surface area contributed by atoms with E-state index in [1.54, 1.807) is 0 Å². The highest BCUT2D eigenvalue weighted by Gasteiger charge is 2.36. The van der Waals surface area contributed by atoms with Crippen molar-refractivity contribution in [3.8, 4) is 0 Å². The molecule has 1 nitrogen and oxygen atoms in total. The quantitative estimate of drug-likeness (QED) is 0.717. The molecular weight excluding hydrogens is 190 g/mol. The van der Waals surface area contributed by atoms with Gasteiger partial charge in [0, 0.05) is 11.3 Å². The highest BCUT2D eigenvalue weighted by Crippen LogP contribution is 2.38. The molecule has 0 aromatic carbocycles. The fourth-order valence-electron chi connectivity index (χ4n) is 2.61. The number of nitrogens with one attached hydrogen (secondary N) is 1. The van der Waals surface area contributed by atoms with Gasteiger partial charge in [0.2, 0.25) is 0 Å². The minimum Gasteiger partial charge on any atom is -0.299 e. The predicted molar refractivity (Wildman–Crippen MR) is 64.6 cm³/mol. The Labute approximate surface area is 92.4 Å². The van der Waals surface area contributed by atoms with Crippen molar-refractivity contribution in [2.75, 3.05) is 5.75 Å². The van der Waals surface area contributed by atoms with Gasteiger partial charge in [-0.15, -0.1) is 11.8 Å². The molecule has 1 heterocycles. The molecule has 2 fully saturated rings. The number of hydrogen-bond acceptors (Lipinski definition) is 2. The Bertz CT molecular complexity index is 194. The molecule has 1 aliphatic heterocycles. The molecule has 2 aliphatic rings. The van der Waals surface area contributed by atoms with E-state index in [4.69, 9.17) is 0 Å². The van der Waals surface area contributed by atoms with Crippen LogP contribution in [-0.2, 0) is 0 Å². The summed E-state index contributed by atoms with van der Waals surface area (Å²) >= 11 is 2.15. The fourth-order valence-corrected chi connectivity index (χ4v) is 4.24. The highest BCUT2D eigenvalue weighted by molar-refractivity contribution is 8.00. The van der Waals surface area contributed by atoms with E-state index in [9.17, 15) is 0 Å². The number of thioether (sulfide) groups is 1. The van der Waals surface area contributed by atoms with Gasteiger partial charge < -0.3 is 0 Å². The van der Waals surface area contributed by atoms with Gasteiger partial charge in [-0.2, -0.15) is 0 Å². The molecule has 0 amide bonds. The molecular formula is C12H23NS. The van der Waals surface area contributed by atoms with Crippen LogP contribution in [0.3, 0.4) is 0 Å². The van der Waals surface area contributed by atoms with Crippen molar-refractivity contribution in [3.63, 3.8) is 0 Å². The van der Waals surface area contributed by atoms with E-state index in [2.05, 4.69) is 37.8 Å². The minimum absolute atomic E-state index is 0.373. The van der Waals surface area contributed by atoms with Gasteiger partial charge in [0.25, 0.3) is 0 Å². The van der Waals surface area contributed by atoms with E-state index in [1.165, 1.54) is 31.4 Å². The Morgan fingerprint density at radius 2 is 1.79 bits per heavy atom. The number of rotatable bonds is 1. The molecule has 1 aliphatic carbocycles.